The molecule has 1 aromatic heterocycles. The van der Waals surface area contributed by atoms with Gasteiger partial charge in [0, 0.05) is 12.0 Å². The quantitative estimate of drug-likeness (QED) is 0.596. The summed E-state index contributed by atoms with van der Waals surface area (Å²) in [7, 11) is 1.71. The molecule has 2 aromatic rings. The highest BCUT2D eigenvalue weighted by molar-refractivity contribution is 5.30. The second-order valence-electron chi connectivity index (χ2n) is 3.14. The van der Waals surface area contributed by atoms with Gasteiger partial charge >= 0.3 is 0 Å². The summed E-state index contributed by atoms with van der Waals surface area (Å²) in [6.45, 7) is 1.86. The largest absolute Gasteiger partial charge is 0.818 e. The molecule has 0 unspecified atom stereocenters. The molecule has 4 heteroatoms. The lowest BCUT2D eigenvalue weighted by Gasteiger charge is -1.94. The molecule has 0 aliphatic heterocycles. The highest BCUT2D eigenvalue weighted by atomic mass is 16.3. The lowest BCUT2D eigenvalue weighted by atomic mass is 10.3. The standard InChI is InChI=1S/C10H11N3O/c1-8-12(2)10(14)11-13(8)9-6-4-3-5-7-9/h3-7H,1-2H3. The zero-order valence-corrected chi connectivity index (χ0v) is 8.14. The molecule has 0 spiro atoms. The second kappa shape index (κ2) is 3.14. The topological polar surface area (TPSA) is 44.8 Å². The van der Waals surface area contributed by atoms with Crippen molar-refractivity contribution in [3.8, 4) is 11.7 Å². The highest BCUT2D eigenvalue weighted by Gasteiger charge is 2.14. The molecular formula is C10H11N3O. The van der Waals surface area contributed by atoms with E-state index in [2.05, 4.69) is 5.10 Å². The molecule has 0 aliphatic rings. The zero-order chi connectivity index (χ0) is 10.1. The Morgan fingerprint density at radius 1 is 1.29 bits per heavy atom. The number of hydrogen-bond donors (Lipinski definition) is 0. The average molecular weight is 189 g/mol. The molecule has 72 valence electrons. The van der Waals surface area contributed by atoms with Crippen LogP contribution in [-0.4, -0.2) is 9.78 Å². The number of hydrogen-bond acceptors (Lipinski definition) is 2. The predicted molar refractivity (Wildman–Crippen MR) is 48.9 cm³/mol. The van der Waals surface area contributed by atoms with Crippen LogP contribution in [0.1, 0.15) is 5.82 Å². The van der Waals surface area contributed by atoms with Crippen molar-refractivity contribution in [1.82, 2.24) is 9.78 Å². The van der Waals surface area contributed by atoms with Crippen LogP contribution in [0.4, 0.5) is 0 Å². The van der Waals surface area contributed by atoms with E-state index in [0.717, 1.165) is 11.5 Å². The van der Waals surface area contributed by atoms with Crippen molar-refractivity contribution in [2.24, 2.45) is 7.05 Å². The number of aromatic nitrogens is 3. The van der Waals surface area contributed by atoms with E-state index in [0.29, 0.717) is 0 Å². The van der Waals surface area contributed by atoms with Crippen molar-refractivity contribution in [3.05, 3.63) is 36.2 Å². The first-order valence-electron chi connectivity index (χ1n) is 4.38. The van der Waals surface area contributed by atoms with E-state index in [-0.39, 0.29) is 6.01 Å². The molecule has 0 saturated heterocycles. The lowest BCUT2D eigenvalue weighted by molar-refractivity contribution is -0.719. The van der Waals surface area contributed by atoms with Crippen LogP contribution < -0.4 is 9.67 Å². The van der Waals surface area contributed by atoms with Crippen molar-refractivity contribution in [3.63, 3.8) is 0 Å². The Kier molecular flexibility index (Phi) is 1.96. The fraction of sp³-hybridized carbons (Fsp3) is 0.200. The van der Waals surface area contributed by atoms with Crippen LogP contribution in [0.2, 0.25) is 0 Å². The predicted octanol–water partition coefficient (Wildman–Crippen LogP) is 0.0788. The minimum Gasteiger partial charge on any atom is -0.818 e. The Hall–Kier alpha value is -1.84. The summed E-state index contributed by atoms with van der Waals surface area (Å²) in [6, 6.07) is 9.37. The van der Waals surface area contributed by atoms with Gasteiger partial charge in [0.1, 0.15) is 5.69 Å². The monoisotopic (exact) mass is 189 g/mol. The fourth-order valence-electron chi connectivity index (χ4n) is 1.32. The molecule has 2 rings (SSSR count). The van der Waals surface area contributed by atoms with Gasteiger partial charge in [0.05, 0.1) is 7.05 Å². The van der Waals surface area contributed by atoms with Crippen molar-refractivity contribution < 1.29 is 9.67 Å². The van der Waals surface area contributed by atoms with Crippen LogP contribution >= 0.6 is 0 Å². The van der Waals surface area contributed by atoms with Gasteiger partial charge < -0.3 is 5.11 Å². The molecule has 0 fully saturated rings. The molecule has 0 bridgehead atoms. The van der Waals surface area contributed by atoms with E-state index < -0.39 is 0 Å². The lowest BCUT2D eigenvalue weighted by Crippen LogP contribution is -2.33. The molecule has 0 N–H and O–H groups in total. The molecule has 0 saturated carbocycles. The van der Waals surface area contributed by atoms with Gasteiger partial charge in [-0.15, -0.1) is 0 Å². The van der Waals surface area contributed by atoms with E-state index in [1.54, 1.807) is 11.7 Å². The zero-order valence-electron chi connectivity index (χ0n) is 8.14. The van der Waals surface area contributed by atoms with Crippen LogP contribution in [0.3, 0.4) is 0 Å². The van der Waals surface area contributed by atoms with Crippen molar-refractivity contribution in [1.29, 1.82) is 0 Å². The molecule has 0 amide bonds. The summed E-state index contributed by atoms with van der Waals surface area (Å²) < 4.78 is 3.16. The minimum absolute atomic E-state index is 0.230. The van der Waals surface area contributed by atoms with Crippen LogP contribution in [0.25, 0.3) is 5.69 Å². The number of rotatable bonds is 1. The van der Waals surface area contributed by atoms with Gasteiger partial charge in [0.2, 0.25) is 11.8 Å². The van der Waals surface area contributed by atoms with E-state index in [4.69, 9.17) is 0 Å². The van der Waals surface area contributed by atoms with Gasteiger partial charge in [-0.3, -0.25) is 0 Å². The van der Waals surface area contributed by atoms with Crippen LogP contribution in [0, 0.1) is 6.92 Å². The molecule has 14 heavy (non-hydrogen) atoms. The SMILES string of the molecule is Cc1n(-c2ccccc2)nc([O-])[n+]1C. The maximum absolute atomic E-state index is 11.3. The van der Waals surface area contributed by atoms with E-state index >= 15 is 0 Å². The fourth-order valence-corrected chi connectivity index (χ4v) is 1.32. The Morgan fingerprint density at radius 3 is 2.43 bits per heavy atom. The Bertz CT molecular complexity index is 448. The first kappa shape index (κ1) is 8.74. The number of nitrogens with zero attached hydrogens (tertiary/aromatic N) is 3. The molecule has 4 nitrogen and oxygen atoms in total. The third kappa shape index (κ3) is 1.25. The van der Waals surface area contributed by atoms with Gasteiger partial charge in [-0.05, 0) is 12.1 Å². The molecular weight excluding hydrogens is 178 g/mol. The summed E-state index contributed by atoms with van der Waals surface area (Å²) >= 11 is 0. The van der Waals surface area contributed by atoms with Crippen LogP contribution in [0.15, 0.2) is 30.3 Å². The normalized spacial score (nSPS) is 10.4. The summed E-state index contributed by atoms with van der Waals surface area (Å²) in [5.41, 5.74) is 0.905. The first-order valence-corrected chi connectivity index (χ1v) is 4.38. The van der Waals surface area contributed by atoms with Gasteiger partial charge in [0.15, 0.2) is 0 Å². The second-order valence-corrected chi connectivity index (χ2v) is 3.14. The smallest absolute Gasteiger partial charge is 0.245 e. The van der Waals surface area contributed by atoms with E-state index in [9.17, 15) is 5.11 Å². The number of benzene rings is 1. The molecule has 1 aromatic carbocycles. The maximum Gasteiger partial charge on any atom is 0.245 e. The minimum atomic E-state index is -0.230. The Balaban J connectivity index is 2.58. The van der Waals surface area contributed by atoms with Crippen molar-refractivity contribution in [2.75, 3.05) is 0 Å². The van der Waals surface area contributed by atoms with Crippen LogP contribution in [-0.2, 0) is 7.05 Å². The molecule has 0 radical (unpaired) electrons. The average Bonchev–Trinajstić information content (AvgIpc) is 2.47. The first-order chi connectivity index (χ1) is 6.70. The van der Waals surface area contributed by atoms with Crippen LogP contribution in [0.5, 0.6) is 6.01 Å². The molecule has 1 heterocycles. The summed E-state index contributed by atoms with van der Waals surface area (Å²) in [4.78, 5) is 0. The van der Waals surface area contributed by atoms with Gasteiger partial charge in [0.25, 0.3) is 0 Å². The summed E-state index contributed by atoms with van der Waals surface area (Å²) in [5, 5.41) is 15.2. The van der Waals surface area contributed by atoms with Crippen molar-refractivity contribution >= 4 is 0 Å². The Labute approximate surface area is 82.0 Å². The number of para-hydroxylation sites is 1. The highest BCUT2D eigenvalue weighted by Crippen LogP contribution is 2.07. The van der Waals surface area contributed by atoms with Gasteiger partial charge in [-0.25, -0.2) is 4.57 Å². The maximum atomic E-state index is 11.3. The molecule has 0 aliphatic carbocycles. The summed E-state index contributed by atoms with van der Waals surface area (Å²) in [6.07, 6.45) is 0. The van der Waals surface area contributed by atoms with Crippen molar-refractivity contribution in [2.45, 2.75) is 6.92 Å². The van der Waals surface area contributed by atoms with Gasteiger partial charge in [-0.1, -0.05) is 22.9 Å². The molecule has 0 atom stereocenters. The summed E-state index contributed by atoms with van der Waals surface area (Å²) in [5.74, 6) is 0.821. The third-order valence-electron chi connectivity index (χ3n) is 2.27. The van der Waals surface area contributed by atoms with E-state index in [1.807, 2.05) is 37.3 Å². The Morgan fingerprint density at radius 2 is 1.93 bits per heavy atom. The van der Waals surface area contributed by atoms with Gasteiger partial charge in [-0.2, -0.15) is 0 Å². The third-order valence-corrected chi connectivity index (χ3v) is 2.27. The van der Waals surface area contributed by atoms with E-state index in [1.165, 1.54) is 4.57 Å².